The minimum atomic E-state index is -0.177. The van der Waals surface area contributed by atoms with E-state index in [1.807, 2.05) is 12.1 Å². The number of nitrogens with zero attached hydrogens (tertiary/aromatic N) is 1. The Morgan fingerprint density at radius 1 is 1.29 bits per heavy atom. The zero-order chi connectivity index (χ0) is 15.4. The van der Waals surface area contributed by atoms with Crippen LogP contribution in [0.5, 0.6) is 11.5 Å². The number of amidine groups is 1. The Morgan fingerprint density at radius 3 is 2.67 bits per heavy atom. The zero-order valence-electron chi connectivity index (χ0n) is 12.8. The molecule has 112 valence electrons. The molecule has 1 aliphatic heterocycles. The number of carbonyl (C=O) groups excluding carboxylic acids is 1. The van der Waals surface area contributed by atoms with Gasteiger partial charge in [0.25, 0.3) is 5.91 Å². The second-order valence-corrected chi connectivity index (χ2v) is 5.25. The molecule has 0 saturated carbocycles. The average Bonchev–Trinajstić information content (AvgIpc) is 2.78. The molecule has 0 aliphatic carbocycles. The second-order valence-electron chi connectivity index (χ2n) is 5.25. The molecular weight excluding hydrogens is 268 g/mol. The molecule has 0 atom stereocenters. The smallest absolute Gasteiger partial charge is 0.275 e. The molecule has 1 aromatic carbocycles. The molecular formula is C16H20N2O3. The maximum absolute atomic E-state index is 11.9. The van der Waals surface area contributed by atoms with Crippen molar-refractivity contribution in [1.82, 2.24) is 5.32 Å². The SMILES string of the molecule is COc1ccc(/C=C2/N=C(CC(C)C)NC2=O)c(OC)c1. The number of benzene rings is 1. The Morgan fingerprint density at radius 2 is 2.05 bits per heavy atom. The molecule has 1 amide bonds. The van der Waals surface area contributed by atoms with Gasteiger partial charge in [-0.1, -0.05) is 13.8 Å². The Labute approximate surface area is 124 Å². The molecule has 0 saturated heterocycles. The van der Waals surface area contributed by atoms with Crippen LogP contribution in [0.2, 0.25) is 0 Å². The van der Waals surface area contributed by atoms with Gasteiger partial charge in [0.15, 0.2) is 0 Å². The van der Waals surface area contributed by atoms with Crippen molar-refractivity contribution in [2.24, 2.45) is 10.9 Å². The summed E-state index contributed by atoms with van der Waals surface area (Å²) in [5.74, 6) is 2.33. The predicted octanol–water partition coefficient (Wildman–Crippen LogP) is 2.62. The number of ether oxygens (including phenoxy) is 2. The molecule has 21 heavy (non-hydrogen) atoms. The molecule has 0 fully saturated rings. The Balaban J connectivity index is 2.31. The predicted molar refractivity (Wildman–Crippen MR) is 82.6 cm³/mol. The van der Waals surface area contributed by atoms with Crippen LogP contribution in [0.4, 0.5) is 0 Å². The molecule has 1 N–H and O–H groups in total. The maximum atomic E-state index is 11.9. The molecule has 0 radical (unpaired) electrons. The monoisotopic (exact) mass is 288 g/mol. The van der Waals surface area contributed by atoms with Gasteiger partial charge in [0.05, 0.1) is 14.2 Å². The van der Waals surface area contributed by atoms with E-state index in [4.69, 9.17) is 9.47 Å². The van der Waals surface area contributed by atoms with E-state index in [2.05, 4.69) is 24.2 Å². The highest BCUT2D eigenvalue weighted by Crippen LogP contribution is 2.27. The summed E-state index contributed by atoms with van der Waals surface area (Å²) in [7, 11) is 3.18. The van der Waals surface area contributed by atoms with E-state index in [1.165, 1.54) is 0 Å². The number of nitrogens with one attached hydrogen (secondary N) is 1. The number of methoxy groups -OCH3 is 2. The van der Waals surface area contributed by atoms with Gasteiger partial charge in [0.2, 0.25) is 0 Å². The average molecular weight is 288 g/mol. The standard InChI is InChI=1S/C16H20N2O3/c1-10(2)7-15-17-13(16(19)18-15)8-11-5-6-12(20-3)9-14(11)21-4/h5-6,8-10H,7H2,1-4H3,(H,17,18,19)/b13-8+. The van der Waals surface area contributed by atoms with Crippen molar-refractivity contribution in [3.8, 4) is 11.5 Å². The van der Waals surface area contributed by atoms with Crippen molar-refractivity contribution in [1.29, 1.82) is 0 Å². The van der Waals surface area contributed by atoms with E-state index in [1.54, 1.807) is 26.4 Å². The largest absolute Gasteiger partial charge is 0.497 e. The highest BCUT2D eigenvalue weighted by molar-refractivity contribution is 6.14. The van der Waals surface area contributed by atoms with Crippen LogP contribution in [0.15, 0.2) is 28.9 Å². The fourth-order valence-corrected chi connectivity index (χ4v) is 2.09. The Hall–Kier alpha value is -2.30. The topological polar surface area (TPSA) is 59.9 Å². The van der Waals surface area contributed by atoms with Gasteiger partial charge in [-0.3, -0.25) is 4.79 Å². The van der Waals surface area contributed by atoms with Gasteiger partial charge in [-0.15, -0.1) is 0 Å². The fourth-order valence-electron chi connectivity index (χ4n) is 2.09. The number of amides is 1. The van der Waals surface area contributed by atoms with Crippen LogP contribution >= 0.6 is 0 Å². The summed E-state index contributed by atoms with van der Waals surface area (Å²) in [5.41, 5.74) is 1.19. The van der Waals surface area contributed by atoms with Gasteiger partial charge in [-0.25, -0.2) is 4.99 Å². The summed E-state index contributed by atoms with van der Waals surface area (Å²) < 4.78 is 10.5. The lowest BCUT2D eigenvalue weighted by atomic mass is 10.1. The van der Waals surface area contributed by atoms with Crippen LogP contribution in [0, 0.1) is 5.92 Å². The van der Waals surface area contributed by atoms with Crippen molar-refractivity contribution < 1.29 is 14.3 Å². The van der Waals surface area contributed by atoms with Crippen molar-refractivity contribution in [3.05, 3.63) is 29.5 Å². The number of hydrogen-bond acceptors (Lipinski definition) is 4. The van der Waals surface area contributed by atoms with Crippen molar-refractivity contribution >= 4 is 17.8 Å². The Kier molecular flexibility index (Phi) is 4.62. The summed E-state index contributed by atoms with van der Waals surface area (Å²) in [5, 5.41) is 2.79. The molecule has 2 rings (SSSR count). The second kappa shape index (κ2) is 6.43. The fraction of sp³-hybridized carbons (Fsp3) is 0.375. The van der Waals surface area contributed by atoms with Crippen LogP contribution in [-0.4, -0.2) is 26.0 Å². The zero-order valence-corrected chi connectivity index (χ0v) is 12.8. The molecule has 5 nitrogen and oxygen atoms in total. The summed E-state index contributed by atoms with van der Waals surface area (Å²) in [6.45, 7) is 4.17. The van der Waals surface area contributed by atoms with Crippen LogP contribution in [-0.2, 0) is 4.79 Å². The summed E-state index contributed by atoms with van der Waals surface area (Å²) in [6, 6.07) is 5.44. The third kappa shape index (κ3) is 3.62. The van der Waals surface area contributed by atoms with Crippen molar-refractivity contribution in [2.45, 2.75) is 20.3 Å². The molecule has 0 aromatic heterocycles. The first kappa shape index (κ1) is 15.1. The Bertz CT molecular complexity index is 604. The number of aliphatic imine (C=N–C) groups is 1. The molecule has 1 aliphatic rings. The third-order valence-corrected chi connectivity index (χ3v) is 3.08. The molecule has 5 heteroatoms. The van der Waals surface area contributed by atoms with E-state index in [0.29, 0.717) is 28.9 Å². The van der Waals surface area contributed by atoms with Crippen LogP contribution < -0.4 is 14.8 Å². The van der Waals surface area contributed by atoms with E-state index in [0.717, 1.165) is 12.0 Å². The quantitative estimate of drug-likeness (QED) is 0.847. The normalized spacial score (nSPS) is 16.1. The highest BCUT2D eigenvalue weighted by Gasteiger charge is 2.20. The summed E-state index contributed by atoms with van der Waals surface area (Å²) in [4.78, 5) is 16.3. The third-order valence-electron chi connectivity index (χ3n) is 3.08. The lowest BCUT2D eigenvalue weighted by Crippen LogP contribution is -2.24. The van der Waals surface area contributed by atoms with Gasteiger partial charge in [-0.05, 0) is 24.1 Å². The van der Waals surface area contributed by atoms with E-state index >= 15 is 0 Å². The van der Waals surface area contributed by atoms with Gasteiger partial charge in [-0.2, -0.15) is 0 Å². The van der Waals surface area contributed by atoms with E-state index < -0.39 is 0 Å². The lowest BCUT2D eigenvalue weighted by molar-refractivity contribution is -0.115. The number of rotatable bonds is 5. The summed E-state index contributed by atoms with van der Waals surface area (Å²) in [6.07, 6.45) is 2.48. The molecule has 1 aromatic rings. The van der Waals surface area contributed by atoms with Crippen molar-refractivity contribution in [2.75, 3.05) is 14.2 Å². The first-order valence-electron chi connectivity index (χ1n) is 6.86. The minimum Gasteiger partial charge on any atom is -0.497 e. The van der Waals surface area contributed by atoms with Gasteiger partial charge >= 0.3 is 0 Å². The van der Waals surface area contributed by atoms with Crippen LogP contribution in [0.25, 0.3) is 6.08 Å². The molecule has 0 bridgehead atoms. The highest BCUT2D eigenvalue weighted by atomic mass is 16.5. The lowest BCUT2D eigenvalue weighted by Gasteiger charge is -2.07. The number of carbonyl (C=O) groups is 1. The minimum absolute atomic E-state index is 0.177. The van der Waals surface area contributed by atoms with Crippen LogP contribution in [0.3, 0.4) is 0 Å². The maximum Gasteiger partial charge on any atom is 0.275 e. The number of hydrogen-bond donors (Lipinski definition) is 1. The molecule has 1 heterocycles. The van der Waals surface area contributed by atoms with Crippen molar-refractivity contribution in [3.63, 3.8) is 0 Å². The first-order chi connectivity index (χ1) is 10.0. The van der Waals surface area contributed by atoms with E-state index in [-0.39, 0.29) is 5.91 Å². The van der Waals surface area contributed by atoms with Gasteiger partial charge < -0.3 is 14.8 Å². The van der Waals surface area contributed by atoms with E-state index in [9.17, 15) is 4.79 Å². The molecule has 0 unspecified atom stereocenters. The summed E-state index contributed by atoms with van der Waals surface area (Å²) >= 11 is 0. The van der Waals surface area contributed by atoms with Gasteiger partial charge in [0, 0.05) is 18.1 Å². The van der Waals surface area contributed by atoms with Gasteiger partial charge in [0.1, 0.15) is 23.0 Å². The molecule has 0 spiro atoms. The van der Waals surface area contributed by atoms with Crippen LogP contribution in [0.1, 0.15) is 25.8 Å². The first-order valence-corrected chi connectivity index (χ1v) is 6.86.